The molecule has 1 amide bonds. The number of carbonyl (C=O) groups is 1. The summed E-state index contributed by atoms with van der Waals surface area (Å²) in [6, 6.07) is 7.58. The summed E-state index contributed by atoms with van der Waals surface area (Å²) < 4.78 is 7.18. The van der Waals surface area contributed by atoms with Gasteiger partial charge < -0.3 is 14.6 Å². The standard InChI is InChI=1S/C22H20N4O3S/c1-12-7-15(29-14-3-4-19(27)26(2)11-14)9-16-20(12)24-21(25-22(16)28)17-8-13-5-6-30-18(13)10-23-17/h5-10,14H,3-4,11H2,1-2H3,(H,24,25,28)/t14-/m1/s1. The zero-order valence-electron chi connectivity index (χ0n) is 16.6. The first-order valence-electron chi connectivity index (χ1n) is 9.77. The van der Waals surface area contributed by atoms with Crippen molar-refractivity contribution in [1.82, 2.24) is 19.9 Å². The molecule has 4 aromatic rings. The zero-order chi connectivity index (χ0) is 20.8. The second kappa shape index (κ2) is 7.21. The van der Waals surface area contributed by atoms with E-state index in [1.807, 2.05) is 30.5 Å². The van der Waals surface area contributed by atoms with Crippen LogP contribution in [0.4, 0.5) is 0 Å². The topological polar surface area (TPSA) is 88.2 Å². The van der Waals surface area contributed by atoms with E-state index >= 15 is 0 Å². The van der Waals surface area contributed by atoms with Gasteiger partial charge in [0.15, 0.2) is 5.82 Å². The first-order chi connectivity index (χ1) is 14.5. The minimum Gasteiger partial charge on any atom is -0.489 e. The second-order valence-electron chi connectivity index (χ2n) is 7.63. The van der Waals surface area contributed by atoms with Gasteiger partial charge in [-0.25, -0.2) is 4.98 Å². The molecule has 152 valence electrons. The van der Waals surface area contributed by atoms with E-state index in [1.54, 1.807) is 35.5 Å². The number of nitrogens with one attached hydrogen (secondary N) is 1. The molecular formula is C22H20N4O3S. The maximum atomic E-state index is 12.8. The Balaban J connectivity index is 1.51. The summed E-state index contributed by atoms with van der Waals surface area (Å²) in [5.41, 5.74) is 1.89. The highest BCUT2D eigenvalue weighted by Gasteiger charge is 2.24. The Morgan fingerprint density at radius 2 is 2.13 bits per heavy atom. The summed E-state index contributed by atoms with van der Waals surface area (Å²) >= 11 is 1.62. The monoisotopic (exact) mass is 420 g/mol. The molecule has 0 radical (unpaired) electrons. The van der Waals surface area contributed by atoms with Crippen molar-refractivity contribution in [2.75, 3.05) is 13.6 Å². The molecule has 30 heavy (non-hydrogen) atoms. The van der Waals surface area contributed by atoms with Crippen LogP contribution in [0.5, 0.6) is 5.75 Å². The molecule has 8 heteroatoms. The van der Waals surface area contributed by atoms with Crippen LogP contribution in [0.1, 0.15) is 18.4 Å². The number of H-pyrrole nitrogens is 1. The molecule has 7 nitrogen and oxygen atoms in total. The predicted molar refractivity (Wildman–Crippen MR) is 117 cm³/mol. The predicted octanol–water partition coefficient (Wildman–Crippen LogP) is 3.51. The van der Waals surface area contributed by atoms with E-state index in [1.165, 1.54) is 0 Å². The SMILES string of the molecule is Cc1cc(O[C@@H]2CCC(=O)N(C)C2)cc2c(=O)[nH]c(-c3cc4ccsc4cn3)nc12. The summed E-state index contributed by atoms with van der Waals surface area (Å²) in [6.07, 6.45) is 2.86. The third kappa shape index (κ3) is 3.33. The number of pyridine rings is 1. The molecule has 0 spiro atoms. The Hall–Kier alpha value is -3.26. The molecule has 1 atom stereocenters. The lowest BCUT2D eigenvalue weighted by Crippen LogP contribution is -2.42. The van der Waals surface area contributed by atoms with Crippen LogP contribution < -0.4 is 10.3 Å². The number of aromatic nitrogens is 3. The Kier molecular flexibility index (Phi) is 4.51. The Bertz CT molecular complexity index is 1340. The van der Waals surface area contributed by atoms with Crippen LogP contribution in [0.15, 0.2) is 40.6 Å². The van der Waals surface area contributed by atoms with Crippen molar-refractivity contribution in [2.45, 2.75) is 25.9 Å². The highest BCUT2D eigenvalue weighted by atomic mass is 32.1. The number of hydrogen-bond donors (Lipinski definition) is 1. The van der Waals surface area contributed by atoms with Crippen molar-refractivity contribution in [3.63, 3.8) is 0 Å². The molecule has 0 saturated carbocycles. The van der Waals surface area contributed by atoms with Gasteiger partial charge in [0.05, 0.1) is 22.1 Å². The van der Waals surface area contributed by atoms with Gasteiger partial charge in [-0.2, -0.15) is 0 Å². The average molecular weight is 420 g/mol. The first kappa shape index (κ1) is 18.7. The molecule has 0 unspecified atom stereocenters. The number of thiophene rings is 1. The number of hydrogen-bond acceptors (Lipinski definition) is 6. The minimum atomic E-state index is -0.230. The number of carbonyl (C=O) groups excluding carboxylic acids is 1. The number of rotatable bonds is 3. The summed E-state index contributed by atoms with van der Waals surface area (Å²) in [7, 11) is 1.78. The third-order valence-electron chi connectivity index (χ3n) is 5.44. The van der Waals surface area contributed by atoms with Gasteiger partial charge in [0.1, 0.15) is 17.5 Å². The molecule has 1 aliphatic rings. The number of aromatic amines is 1. The lowest BCUT2D eigenvalue weighted by molar-refractivity contribution is -0.134. The lowest BCUT2D eigenvalue weighted by atomic mass is 10.1. The molecule has 0 aliphatic carbocycles. The van der Waals surface area contributed by atoms with Gasteiger partial charge in [-0.3, -0.25) is 14.6 Å². The average Bonchev–Trinajstić information content (AvgIpc) is 3.19. The maximum absolute atomic E-state index is 12.8. The van der Waals surface area contributed by atoms with Crippen LogP contribution in [-0.4, -0.2) is 45.5 Å². The van der Waals surface area contributed by atoms with Gasteiger partial charge in [-0.15, -0.1) is 11.3 Å². The number of aryl methyl sites for hydroxylation is 1. The number of likely N-dealkylation sites (tertiary alicyclic amines) is 1. The van der Waals surface area contributed by atoms with E-state index in [9.17, 15) is 9.59 Å². The van der Waals surface area contributed by atoms with Crippen LogP contribution >= 0.6 is 11.3 Å². The number of piperidine rings is 1. The van der Waals surface area contributed by atoms with Crippen molar-refractivity contribution in [1.29, 1.82) is 0 Å². The number of ether oxygens (including phenoxy) is 1. The van der Waals surface area contributed by atoms with Gasteiger partial charge in [0.2, 0.25) is 5.91 Å². The molecule has 5 rings (SSSR count). The highest BCUT2D eigenvalue weighted by molar-refractivity contribution is 7.17. The normalized spacial score (nSPS) is 17.1. The van der Waals surface area contributed by atoms with Crippen molar-refractivity contribution < 1.29 is 9.53 Å². The van der Waals surface area contributed by atoms with Crippen molar-refractivity contribution in [3.8, 4) is 17.3 Å². The summed E-state index contributed by atoms with van der Waals surface area (Å²) in [6.45, 7) is 2.46. The Morgan fingerprint density at radius 1 is 1.27 bits per heavy atom. The molecular weight excluding hydrogens is 400 g/mol. The van der Waals surface area contributed by atoms with E-state index in [-0.39, 0.29) is 17.6 Å². The summed E-state index contributed by atoms with van der Waals surface area (Å²) in [5.74, 6) is 1.20. The van der Waals surface area contributed by atoms with Crippen molar-refractivity contribution in [2.24, 2.45) is 0 Å². The first-order valence-corrected chi connectivity index (χ1v) is 10.6. The van der Waals surface area contributed by atoms with E-state index in [2.05, 4.69) is 15.0 Å². The summed E-state index contributed by atoms with van der Waals surface area (Å²) in [4.78, 5) is 38.2. The van der Waals surface area contributed by atoms with E-state index < -0.39 is 0 Å². The highest BCUT2D eigenvalue weighted by Crippen LogP contribution is 2.27. The smallest absolute Gasteiger partial charge is 0.259 e. The van der Waals surface area contributed by atoms with Crippen LogP contribution in [0.2, 0.25) is 0 Å². The molecule has 1 aromatic carbocycles. The Morgan fingerprint density at radius 3 is 2.97 bits per heavy atom. The molecule has 1 N–H and O–H groups in total. The number of fused-ring (bicyclic) bond motifs is 2. The Labute approximate surface area is 176 Å². The second-order valence-corrected chi connectivity index (χ2v) is 8.58. The molecule has 1 saturated heterocycles. The van der Waals surface area contributed by atoms with E-state index in [0.29, 0.717) is 47.6 Å². The third-order valence-corrected chi connectivity index (χ3v) is 6.31. The van der Waals surface area contributed by atoms with Crippen LogP contribution in [0.25, 0.3) is 32.5 Å². The number of amides is 1. The fraction of sp³-hybridized carbons (Fsp3) is 0.273. The van der Waals surface area contributed by atoms with E-state index in [0.717, 1.165) is 15.6 Å². The molecule has 1 fully saturated rings. The van der Waals surface area contributed by atoms with Crippen LogP contribution in [-0.2, 0) is 4.79 Å². The molecule has 4 heterocycles. The number of nitrogens with zero attached hydrogens (tertiary/aromatic N) is 3. The quantitative estimate of drug-likeness (QED) is 0.548. The number of benzene rings is 1. The number of likely N-dealkylation sites (N-methyl/N-ethyl adjacent to an activating group) is 1. The minimum absolute atomic E-state index is 0.0857. The largest absolute Gasteiger partial charge is 0.489 e. The molecule has 3 aromatic heterocycles. The fourth-order valence-electron chi connectivity index (χ4n) is 3.83. The maximum Gasteiger partial charge on any atom is 0.259 e. The van der Waals surface area contributed by atoms with Gasteiger partial charge in [-0.05, 0) is 53.9 Å². The van der Waals surface area contributed by atoms with E-state index in [4.69, 9.17) is 4.74 Å². The van der Waals surface area contributed by atoms with Gasteiger partial charge in [0.25, 0.3) is 5.56 Å². The molecule has 0 bridgehead atoms. The van der Waals surface area contributed by atoms with Crippen molar-refractivity contribution in [3.05, 3.63) is 51.8 Å². The molecule has 1 aliphatic heterocycles. The van der Waals surface area contributed by atoms with Crippen LogP contribution in [0.3, 0.4) is 0 Å². The van der Waals surface area contributed by atoms with Gasteiger partial charge in [-0.1, -0.05) is 0 Å². The fourth-order valence-corrected chi connectivity index (χ4v) is 4.57. The van der Waals surface area contributed by atoms with Crippen LogP contribution in [0, 0.1) is 6.92 Å². The lowest BCUT2D eigenvalue weighted by Gasteiger charge is -2.30. The van der Waals surface area contributed by atoms with Gasteiger partial charge >= 0.3 is 0 Å². The van der Waals surface area contributed by atoms with Crippen molar-refractivity contribution >= 4 is 38.2 Å². The summed E-state index contributed by atoms with van der Waals surface area (Å²) in [5, 5.41) is 3.56. The zero-order valence-corrected chi connectivity index (χ0v) is 17.5. The van der Waals surface area contributed by atoms with Gasteiger partial charge in [0, 0.05) is 19.7 Å².